The molecule has 0 bridgehead atoms. The van der Waals surface area contributed by atoms with Crippen LogP contribution >= 0.6 is 0 Å². The van der Waals surface area contributed by atoms with E-state index in [0.717, 1.165) is 64.5 Å². The zero-order valence-electron chi connectivity index (χ0n) is 31.5. The second-order valence-electron chi connectivity index (χ2n) is 13.9. The summed E-state index contributed by atoms with van der Waals surface area (Å²) in [7, 11) is 4.77. The first-order valence-corrected chi connectivity index (χ1v) is 23.7. The minimum Gasteiger partial charge on any atom is -0.415 e. The SMILES string of the molecule is CCOC[Si](CCCCCCN1CCCN(CCCCCC[Si](CCCN(C)C)(OCC)OCC)C1)(CCCN(C)C)OCC. The summed E-state index contributed by atoms with van der Waals surface area (Å²) >= 11 is 0. The van der Waals surface area contributed by atoms with Crippen molar-refractivity contribution in [3.8, 4) is 0 Å². The van der Waals surface area contributed by atoms with Crippen molar-refractivity contribution < 1.29 is 18.0 Å². The van der Waals surface area contributed by atoms with Crippen LogP contribution in [0.2, 0.25) is 24.2 Å². The van der Waals surface area contributed by atoms with Crippen LogP contribution in [0.25, 0.3) is 0 Å². The van der Waals surface area contributed by atoms with Crippen LogP contribution in [0.1, 0.15) is 98.3 Å². The largest absolute Gasteiger partial charge is 0.415 e. The Labute approximate surface area is 283 Å². The maximum absolute atomic E-state index is 6.51. The van der Waals surface area contributed by atoms with Gasteiger partial charge in [-0.05, 0) is 138 Å². The molecule has 1 aliphatic heterocycles. The first-order valence-electron chi connectivity index (χ1n) is 19.0. The molecule has 1 heterocycles. The summed E-state index contributed by atoms with van der Waals surface area (Å²) in [6.07, 6.45) is 15.0. The third kappa shape index (κ3) is 20.9. The maximum atomic E-state index is 6.51. The van der Waals surface area contributed by atoms with Crippen molar-refractivity contribution in [1.82, 2.24) is 19.6 Å². The minimum absolute atomic E-state index is 0.779. The van der Waals surface area contributed by atoms with Gasteiger partial charge in [-0.2, -0.15) is 0 Å². The first-order chi connectivity index (χ1) is 21.7. The van der Waals surface area contributed by atoms with Gasteiger partial charge in [-0.3, -0.25) is 9.80 Å². The molecule has 1 atom stereocenters. The number of hydrogen-bond donors (Lipinski definition) is 0. The van der Waals surface area contributed by atoms with Crippen molar-refractivity contribution in [3.63, 3.8) is 0 Å². The maximum Gasteiger partial charge on any atom is 0.338 e. The minimum atomic E-state index is -2.07. The number of unbranched alkanes of at least 4 members (excludes halogenated alkanes) is 6. The molecule has 0 aromatic heterocycles. The summed E-state index contributed by atoms with van der Waals surface area (Å²) in [5.74, 6) is 0. The van der Waals surface area contributed by atoms with Crippen molar-refractivity contribution in [2.24, 2.45) is 0 Å². The van der Waals surface area contributed by atoms with Crippen LogP contribution in [-0.4, -0.2) is 143 Å². The van der Waals surface area contributed by atoms with E-state index < -0.39 is 16.9 Å². The van der Waals surface area contributed by atoms with Crippen LogP contribution in [0, 0.1) is 0 Å². The standard InChI is InChI=1S/C35H78N4O4Si2/c1-9-40-35-44(41-10-2,31-22-24-36(5)6)30-19-15-13-17-26-38-28-21-29-39(34-38)27-18-14-16-20-32-45(42-11-3,43-12-4)33-23-25-37(7)8/h9-35H2,1-8H3. The van der Waals surface area contributed by atoms with E-state index in [9.17, 15) is 0 Å². The van der Waals surface area contributed by atoms with E-state index in [4.69, 9.17) is 18.0 Å². The van der Waals surface area contributed by atoms with Gasteiger partial charge in [0.1, 0.15) is 0 Å². The van der Waals surface area contributed by atoms with Crippen molar-refractivity contribution in [1.29, 1.82) is 0 Å². The molecule has 8 nitrogen and oxygen atoms in total. The van der Waals surface area contributed by atoms with Gasteiger partial charge in [-0.25, -0.2) is 0 Å². The van der Waals surface area contributed by atoms with Crippen molar-refractivity contribution in [2.75, 3.05) is 107 Å². The quantitative estimate of drug-likeness (QED) is 0.0573. The first kappa shape index (κ1) is 43.1. The second kappa shape index (κ2) is 27.0. The highest BCUT2D eigenvalue weighted by Crippen LogP contribution is 2.26. The fraction of sp³-hybridized carbons (Fsp3) is 1.00. The monoisotopic (exact) mass is 675 g/mol. The third-order valence-electron chi connectivity index (χ3n) is 9.22. The van der Waals surface area contributed by atoms with Gasteiger partial charge < -0.3 is 27.8 Å². The van der Waals surface area contributed by atoms with Gasteiger partial charge in [0.2, 0.25) is 8.32 Å². The summed E-state index contributed by atoms with van der Waals surface area (Å²) in [5.41, 5.74) is 0. The van der Waals surface area contributed by atoms with Gasteiger partial charge >= 0.3 is 8.56 Å². The van der Waals surface area contributed by atoms with Gasteiger partial charge in [0.15, 0.2) is 0 Å². The highest BCUT2D eigenvalue weighted by molar-refractivity contribution is 6.73. The van der Waals surface area contributed by atoms with Crippen molar-refractivity contribution in [3.05, 3.63) is 0 Å². The van der Waals surface area contributed by atoms with Crippen LogP contribution in [0.4, 0.5) is 0 Å². The smallest absolute Gasteiger partial charge is 0.338 e. The highest BCUT2D eigenvalue weighted by Gasteiger charge is 2.36. The van der Waals surface area contributed by atoms with Gasteiger partial charge in [0.05, 0.1) is 12.9 Å². The summed E-state index contributed by atoms with van der Waals surface area (Å²) in [5, 5.41) is 0. The van der Waals surface area contributed by atoms with Crippen LogP contribution in [-0.2, 0) is 18.0 Å². The van der Waals surface area contributed by atoms with E-state index in [-0.39, 0.29) is 0 Å². The molecule has 1 aliphatic rings. The third-order valence-corrected chi connectivity index (χ3v) is 17.2. The average molecular weight is 675 g/mol. The number of hydrogen-bond acceptors (Lipinski definition) is 8. The molecule has 0 radical (unpaired) electrons. The summed E-state index contributed by atoms with van der Waals surface area (Å²) in [6, 6.07) is 4.75. The zero-order chi connectivity index (χ0) is 33.2. The molecule has 0 amide bonds. The van der Waals surface area contributed by atoms with Crippen molar-refractivity contribution in [2.45, 2.75) is 123 Å². The lowest BCUT2D eigenvalue weighted by Crippen LogP contribution is -2.45. The summed E-state index contributed by atoms with van der Waals surface area (Å²) in [4.78, 5) is 9.97. The summed E-state index contributed by atoms with van der Waals surface area (Å²) < 4.78 is 25.2. The Balaban J connectivity index is 2.31. The fourth-order valence-electron chi connectivity index (χ4n) is 6.94. The van der Waals surface area contributed by atoms with Crippen LogP contribution < -0.4 is 0 Å². The zero-order valence-corrected chi connectivity index (χ0v) is 33.5. The molecular weight excluding hydrogens is 597 g/mol. The van der Waals surface area contributed by atoms with E-state index in [0.29, 0.717) is 0 Å². The Kier molecular flexibility index (Phi) is 25.9. The molecule has 0 N–H and O–H groups in total. The van der Waals surface area contributed by atoms with E-state index in [2.05, 4.69) is 75.5 Å². The van der Waals surface area contributed by atoms with E-state index in [1.807, 2.05) is 0 Å². The van der Waals surface area contributed by atoms with E-state index in [1.165, 1.54) is 109 Å². The normalized spacial score (nSPS) is 16.7. The molecular formula is C35H78N4O4Si2. The molecule has 1 fully saturated rings. The Bertz CT molecular complexity index is 674. The Morgan fingerprint density at radius 2 is 1.00 bits per heavy atom. The van der Waals surface area contributed by atoms with Gasteiger partial charge in [0, 0.05) is 39.5 Å². The lowest BCUT2D eigenvalue weighted by Gasteiger charge is -2.35. The van der Waals surface area contributed by atoms with Crippen molar-refractivity contribution >= 4 is 16.9 Å². The Hall–Kier alpha value is 0.114. The lowest BCUT2D eigenvalue weighted by atomic mass is 10.1. The molecule has 1 unspecified atom stereocenters. The predicted octanol–water partition coefficient (Wildman–Crippen LogP) is 7.05. The van der Waals surface area contributed by atoms with Crippen LogP contribution in [0.15, 0.2) is 0 Å². The molecule has 10 heteroatoms. The molecule has 0 saturated carbocycles. The molecule has 0 aliphatic carbocycles. The summed E-state index contributed by atoms with van der Waals surface area (Å²) in [6.45, 7) is 20.2. The fourth-order valence-corrected chi connectivity index (χ4v) is 14.2. The molecule has 0 spiro atoms. The average Bonchev–Trinajstić information content (AvgIpc) is 3.00. The highest BCUT2D eigenvalue weighted by atomic mass is 28.4. The number of ether oxygens (including phenoxy) is 1. The van der Waals surface area contributed by atoms with Gasteiger partial charge in [0.25, 0.3) is 0 Å². The number of nitrogens with zero attached hydrogens (tertiary/aromatic N) is 4. The molecule has 270 valence electrons. The van der Waals surface area contributed by atoms with Gasteiger partial charge in [-0.1, -0.05) is 38.5 Å². The van der Waals surface area contributed by atoms with Crippen LogP contribution in [0.3, 0.4) is 0 Å². The molecule has 1 saturated heterocycles. The molecule has 0 aromatic carbocycles. The number of rotatable bonds is 31. The Morgan fingerprint density at radius 1 is 0.533 bits per heavy atom. The molecule has 0 aromatic rings. The second-order valence-corrected chi connectivity index (χ2v) is 21.2. The topological polar surface area (TPSA) is 49.9 Å². The molecule has 1 rings (SSSR count). The van der Waals surface area contributed by atoms with Gasteiger partial charge in [-0.15, -0.1) is 0 Å². The lowest BCUT2D eigenvalue weighted by molar-refractivity contribution is 0.0829. The van der Waals surface area contributed by atoms with E-state index >= 15 is 0 Å². The Morgan fingerprint density at radius 3 is 1.51 bits per heavy atom. The van der Waals surface area contributed by atoms with Crippen LogP contribution in [0.5, 0.6) is 0 Å². The predicted molar refractivity (Wildman–Crippen MR) is 198 cm³/mol. The molecule has 45 heavy (non-hydrogen) atoms. The van der Waals surface area contributed by atoms with E-state index in [1.54, 1.807) is 0 Å².